The van der Waals surface area contributed by atoms with E-state index in [9.17, 15) is 4.39 Å². The molecule has 25 heavy (non-hydrogen) atoms. The predicted octanol–water partition coefficient (Wildman–Crippen LogP) is 2.89. The summed E-state index contributed by atoms with van der Waals surface area (Å²) in [4.78, 5) is 19.3. The standard InChI is InChI=1S/C18H22FN5O/c1-11(2)17-20-5-3-14(23-17)15-7-12-4-6-24(10-16(12)25-15)18-21-8-13(19)9-22-18/h3,5,8-9,11-12,15-16H,4,6-7,10H2,1-2H3/t12-,15+,16+/m1/s1. The van der Waals surface area contributed by atoms with Crippen molar-refractivity contribution < 1.29 is 9.13 Å². The van der Waals surface area contributed by atoms with Gasteiger partial charge >= 0.3 is 0 Å². The number of halogens is 1. The largest absolute Gasteiger partial charge is 0.367 e. The van der Waals surface area contributed by atoms with Crippen molar-refractivity contribution in [2.75, 3.05) is 18.0 Å². The van der Waals surface area contributed by atoms with Crippen LogP contribution < -0.4 is 4.90 Å². The second-order valence-corrected chi connectivity index (χ2v) is 7.09. The van der Waals surface area contributed by atoms with E-state index >= 15 is 0 Å². The molecule has 0 aliphatic carbocycles. The molecule has 2 saturated heterocycles. The third kappa shape index (κ3) is 3.33. The van der Waals surface area contributed by atoms with Crippen LogP contribution in [0.25, 0.3) is 0 Å². The first kappa shape index (κ1) is 16.3. The molecule has 2 aromatic rings. The molecular formula is C18H22FN5O. The van der Waals surface area contributed by atoms with Gasteiger partial charge in [0.25, 0.3) is 0 Å². The fourth-order valence-corrected chi connectivity index (χ4v) is 3.62. The molecule has 0 spiro atoms. The Kier molecular flexibility index (Phi) is 4.33. The molecule has 2 aromatic heterocycles. The summed E-state index contributed by atoms with van der Waals surface area (Å²) >= 11 is 0. The van der Waals surface area contributed by atoms with Gasteiger partial charge < -0.3 is 9.64 Å². The van der Waals surface area contributed by atoms with Gasteiger partial charge in [-0.05, 0) is 24.8 Å². The van der Waals surface area contributed by atoms with Gasteiger partial charge in [0.15, 0.2) is 5.82 Å². The van der Waals surface area contributed by atoms with Crippen LogP contribution in [0.1, 0.15) is 50.2 Å². The summed E-state index contributed by atoms with van der Waals surface area (Å²) in [5.74, 6) is 1.82. The van der Waals surface area contributed by atoms with Crippen LogP contribution in [0.5, 0.6) is 0 Å². The second-order valence-electron chi connectivity index (χ2n) is 7.09. The predicted molar refractivity (Wildman–Crippen MR) is 90.7 cm³/mol. The third-order valence-electron chi connectivity index (χ3n) is 4.98. The molecule has 2 aliphatic heterocycles. The lowest BCUT2D eigenvalue weighted by Gasteiger charge is -2.33. The normalized spacial score (nSPS) is 26.1. The minimum atomic E-state index is -0.416. The molecule has 132 valence electrons. The summed E-state index contributed by atoms with van der Waals surface area (Å²) in [6, 6.07) is 1.95. The van der Waals surface area contributed by atoms with E-state index in [2.05, 4.69) is 38.7 Å². The number of anilines is 1. The van der Waals surface area contributed by atoms with Gasteiger partial charge in [-0.25, -0.2) is 24.3 Å². The number of piperidine rings is 1. The van der Waals surface area contributed by atoms with E-state index in [4.69, 9.17) is 4.74 Å². The van der Waals surface area contributed by atoms with E-state index in [0.717, 1.165) is 37.4 Å². The third-order valence-corrected chi connectivity index (χ3v) is 4.98. The molecule has 4 heterocycles. The Morgan fingerprint density at radius 2 is 2.04 bits per heavy atom. The van der Waals surface area contributed by atoms with Crippen LogP contribution in [0.3, 0.4) is 0 Å². The zero-order valence-corrected chi connectivity index (χ0v) is 14.5. The van der Waals surface area contributed by atoms with Crippen molar-refractivity contribution in [3.63, 3.8) is 0 Å². The molecule has 4 rings (SSSR count). The molecule has 3 atom stereocenters. The van der Waals surface area contributed by atoms with E-state index in [1.165, 1.54) is 12.4 Å². The van der Waals surface area contributed by atoms with Crippen molar-refractivity contribution in [3.8, 4) is 0 Å². The number of ether oxygens (including phenoxy) is 1. The molecule has 0 unspecified atom stereocenters. The first-order chi connectivity index (χ1) is 12.1. The number of nitrogens with zero attached hydrogens (tertiary/aromatic N) is 5. The van der Waals surface area contributed by atoms with E-state index in [0.29, 0.717) is 17.8 Å². The number of fused-ring (bicyclic) bond motifs is 1. The van der Waals surface area contributed by atoms with Crippen molar-refractivity contribution in [2.45, 2.75) is 44.8 Å². The van der Waals surface area contributed by atoms with Gasteiger partial charge in [-0.2, -0.15) is 0 Å². The quantitative estimate of drug-likeness (QED) is 0.854. The molecule has 6 nitrogen and oxygen atoms in total. The van der Waals surface area contributed by atoms with Gasteiger partial charge in [-0.1, -0.05) is 13.8 Å². The van der Waals surface area contributed by atoms with Crippen LogP contribution in [0.2, 0.25) is 0 Å². The maximum Gasteiger partial charge on any atom is 0.225 e. The molecule has 7 heteroatoms. The van der Waals surface area contributed by atoms with Crippen molar-refractivity contribution in [1.29, 1.82) is 0 Å². The molecule has 2 fully saturated rings. The van der Waals surface area contributed by atoms with Crippen LogP contribution in [0, 0.1) is 11.7 Å². The maximum atomic E-state index is 13.0. The molecule has 0 bridgehead atoms. The Labute approximate surface area is 146 Å². The topological polar surface area (TPSA) is 64.0 Å². The number of hydrogen-bond acceptors (Lipinski definition) is 6. The average molecular weight is 343 g/mol. The van der Waals surface area contributed by atoms with Crippen LogP contribution in [-0.4, -0.2) is 39.1 Å². The lowest BCUT2D eigenvalue weighted by molar-refractivity contribution is 0.0295. The van der Waals surface area contributed by atoms with Crippen LogP contribution >= 0.6 is 0 Å². The maximum absolute atomic E-state index is 13.0. The molecular weight excluding hydrogens is 321 g/mol. The summed E-state index contributed by atoms with van der Waals surface area (Å²) in [7, 11) is 0. The van der Waals surface area contributed by atoms with Gasteiger partial charge in [0, 0.05) is 25.2 Å². The summed E-state index contributed by atoms with van der Waals surface area (Å²) in [6.45, 7) is 5.78. The first-order valence-electron chi connectivity index (χ1n) is 8.81. The zero-order chi connectivity index (χ0) is 17.4. The fraction of sp³-hybridized carbons (Fsp3) is 0.556. The summed E-state index contributed by atoms with van der Waals surface area (Å²) in [5, 5.41) is 0. The lowest BCUT2D eigenvalue weighted by atomic mass is 9.91. The molecule has 0 N–H and O–H groups in total. The van der Waals surface area contributed by atoms with Gasteiger partial charge in [0.05, 0.1) is 24.2 Å². The van der Waals surface area contributed by atoms with Crippen LogP contribution in [0.4, 0.5) is 10.3 Å². The van der Waals surface area contributed by atoms with Crippen molar-refractivity contribution >= 4 is 5.95 Å². The minimum absolute atomic E-state index is 0.0181. The van der Waals surface area contributed by atoms with E-state index in [1.54, 1.807) is 0 Å². The Hall–Kier alpha value is -2.15. The van der Waals surface area contributed by atoms with Crippen LogP contribution in [0.15, 0.2) is 24.7 Å². The highest BCUT2D eigenvalue weighted by atomic mass is 19.1. The highest BCUT2D eigenvalue weighted by Gasteiger charge is 2.40. The number of aromatic nitrogens is 4. The number of rotatable bonds is 3. The molecule has 0 saturated carbocycles. The smallest absolute Gasteiger partial charge is 0.225 e. The van der Waals surface area contributed by atoms with Crippen molar-refractivity contribution in [3.05, 3.63) is 42.0 Å². The summed E-state index contributed by atoms with van der Waals surface area (Å²) in [5.41, 5.74) is 0.970. The Morgan fingerprint density at radius 3 is 2.80 bits per heavy atom. The average Bonchev–Trinajstić information content (AvgIpc) is 3.06. The fourth-order valence-electron chi connectivity index (χ4n) is 3.62. The molecule has 0 radical (unpaired) electrons. The highest BCUT2D eigenvalue weighted by Crippen LogP contribution is 2.40. The SMILES string of the molecule is CC(C)c1nccc([C@@H]2C[C@H]3CCN(c4ncc(F)cn4)C[C@@H]3O2)n1. The van der Waals surface area contributed by atoms with Crippen molar-refractivity contribution in [2.24, 2.45) is 5.92 Å². The highest BCUT2D eigenvalue weighted by molar-refractivity contribution is 5.30. The zero-order valence-electron chi connectivity index (χ0n) is 14.5. The van der Waals surface area contributed by atoms with Gasteiger partial charge in [0.2, 0.25) is 5.95 Å². The first-order valence-corrected chi connectivity index (χ1v) is 8.81. The Bertz CT molecular complexity index is 739. The summed E-state index contributed by atoms with van der Waals surface area (Å²) in [6.07, 6.45) is 6.39. The van der Waals surface area contributed by atoms with Crippen LogP contribution in [-0.2, 0) is 4.74 Å². The van der Waals surface area contributed by atoms with E-state index in [-0.39, 0.29) is 12.2 Å². The number of hydrogen-bond donors (Lipinski definition) is 0. The minimum Gasteiger partial charge on any atom is -0.367 e. The monoisotopic (exact) mass is 343 g/mol. The van der Waals surface area contributed by atoms with Gasteiger partial charge in [-0.3, -0.25) is 0 Å². The molecule has 0 aromatic carbocycles. The lowest BCUT2D eigenvalue weighted by Crippen LogP contribution is -2.43. The van der Waals surface area contributed by atoms with E-state index < -0.39 is 5.82 Å². The van der Waals surface area contributed by atoms with Gasteiger partial charge in [-0.15, -0.1) is 0 Å². The molecule has 0 amide bonds. The van der Waals surface area contributed by atoms with E-state index in [1.807, 2.05) is 12.3 Å². The Balaban J connectivity index is 1.46. The second kappa shape index (κ2) is 6.63. The van der Waals surface area contributed by atoms with Crippen molar-refractivity contribution in [1.82, 2.24) is 19.9 Å². The Morgan fingerprint density at radius 1 is 1.24 bits per heavy atom. The molecule has 2 aliphatic rings. The van der Waals surface area contributed by atoms with Gasteiger partial charge in [0.1, 0.15) is 11.9 Å². The summed E-state index contributed by atoms with van der Waals surface area (Å²) < 4.78 is 19.3.